The molecule has 1 aromatic rings. The quantitative estimate of drug-likeness (QED) is 0.808. The molecule has 1 atom stereocenters. The lowest BCUT2D eigenvalue weighted by atomic mass is 10.2. The summed E-state index contributed by atoms with van der Waals surface area (Å²) in [4.78, 5) is 33.3. The predicted octanol–water partition coefficient (Wildman–Crippen LogP) is 0.781. The highest BCUT2D eigenvalue weighted by molar-refractivity contribution is 5.92. The second-order valence-corrected chi connectivity index (χ2v) is 5.52. The lowest BCUT2D eigenvalue weighted by Crippen LogP contribution is -2.44. The van der Waals surface area contributed by atoms with Gasteiger partial charge in [-0.3, -0.25) is 9.78 Å². The Morgan fingerprint density at radius 1 is 1.41 bits per heavy atom. The molecule has 1 aliphatic heterocycles. The number of hydrogen-bond donors (Lipinski definition) is 0. The van der Waals surface area contributed by atoms with Gasteiger partial charge in [-0.2, -0.15) is 5.26 Å². The van der Waals surface area contributed by atoms with Crippen molar-refractivity contribution in [1.29, 1.82) is 5.26 Å². The minimum absolute atomic E-state index is 0.00185. The number of amides is 3. The number of pyridine rings is 1. The fraction of sp³-hybridized carbons (Fsp3) is 0.467. The Morgan fingerprint density at radius 2 is 2.14 bits per heavy atom. The summed E-state index contributed by atoms with van der Waals surface area (Å²) in [7, 11) is 5.15. The normalized spacial score (nSPS) is 17.0. The van der Waals surface area contributed by atoms with Crippen molar-refractivity contribution < 1.29 is 9.59 Å². The molecule has 0 spiro atoms. The minimum atomic E-state index is -0.203. The van der Waals surface area contributed by atoms with E-state index in [0.29, 0.717) is 18.7 Å². The SMILES string of the molecule is CN(C)C(=O)N(C)[C@H]1CCN(C(=O)c2cc(C#N)ccn2)C1. The number of aromatic nitrogens is 1. The van der Waals surface area contributed by atoms with E-state index < -0.39 is 0 Å². The predicted molar refractivity (Wildman–Crippen MR) is 80.1 cm³/mol. The summed E-state index contributed by atoms with van der Waals surface area (Å²) in [6.45, 7) is 1.06. The van der Waals surface area contributed by atoms with Gasteiger partial charge in [-0.05, 0) is 18.6 Å². The van der Waals surface area contributed by atoms with Crippen LogP contribution < -0.4 is 0 Å². The van der Waals surface area contributed by atoms with Crippen molar-refractivity contribution in [2.75, 3.05) is 34.2 Å². The zero-order chi connectivity index (χ0) is 16.3. The van der Waals surface area contributed by atoms with Crippen LogP contribution in [0, 0.1) is 11.3 Å². The van der Waals surface area contributed by atoms with Gasteiger partial charge < -0.3 is 14.7 Å². The molecular weight excluding hydrogens is 282 g/mol. The molecule has 1 aliphatic rings. The third-order valence-corrected chi connectivity index (χ3v) is 3.79. The molecule has 1 saturated heterocycles. The molecule has 0 bridgehead atoms. The second kappa shape index (κ2) is 6.43. The summed E-state index contributed by atoms with van der Waals surface area (Å²) >= 11 is 0. The number of urea groups is 1. The molecule has 1 aromatic heterocycles. The molecule has 0 aliphatic carbocycles. The lowest BCUT2D eigenvalue weighted by molar-refractivity contribution is 0.0774. The van der Waals surface area contributed by atoms with Crippen LogP contribution >= 0.6 is 0 Å². The smallest absolute Gasteiger partial charge is 0.319 e. The largest absolute Gasteiger partial charge is 0.335 e. The minimum Gasteiger partial charge on any atom is -0.335 e. The Hall–Kier alpha value is -2.62. The van der Waals surface area contributed by atoms with Gasteiger partial charge >= 0.3 is 6.03 Å². The summed E-state index contributed by atoms with van der Waals surface area (Å²) in [5, 5.41) is 8.89. The summed E-state index contributed by atoms with van der Waals surface area (Å²) < 4.78 is 0. The fourth-order valence-corrected chi connectivity index (χ4v) is 2.49. The molecule has 0 N–H and O–H groups in total. The van der Waals surface area contributed by atoms with Gasteiger partial charge in [0.1, 0.15) is 5.69 Å². The second-order valence-electron chi connectivity index (χ2n) is 5.52. The van der Waals surface area contributed by atoms with E-state index in [0.717, 1.165) is 6.42 Å². The van der Waals surface area contributed by atoms with E-state index in [1.165, 1.54) is 17.2 Å². The van der Waals surface area contributed by atoms with Gasteiger partial charge in [0, 0.05) is 40.4 Å². The first-order valence-corrected chi connectivity index (χ1v) is 7.03. The van der Waals surface area contributed by atoms with E-state index >= 15 is 0 Å². The maximum Gasteiger partial charge on any atom is 0.319 e. The van der Waals surface area contributed by atoms with Crippen LogP contribution in [0.15, 0.2) is 18.3 Å². The van der Waals surface area contributed by atoms with Crippen molar-refractivity contribution in [3.8, 4) is 6.07 Å². The molecule has 0 radical (unpaired) electrons. The van der Waals surface area contributed by atoms with Crippen molar-refractivity contribution in [3.05, 3.63) is 29.6 Å². The Labute approximate surface area is 129 Å². The summed E-state index contributed by atoms with van der Waals surface area (Å²) in [5.74, 6) is -0.203. The highest BCUT2D eigenvalue weighted by atomic mass is 16.2. The van der Waals surface area contributed by atoms with Gasteiger partial charge in [0.2, 0.25) is 0 Å². The maximum absolute atomic E-state index is 12.4. The van der Waals surface area contributed by atoms with E-state index in [1.807, 2.05) is 6.07 Å². The number of rotatable bonds is 2. The zero-order valence-electron chi connectivity index (χ0n) is 13.0. The monoisotopic (exact) mass is 301 g/mol. The van der Waals surface area contributed by atoms with Crippen LogP contribution in [-0.2, 0) is 0 Å². The average Bonchev–Trinajstić information content (AvgIpc) is 3.02. The summed E-state index contributed by atoms with van der Waals surface area (Å²) in [6.07, 6.45) is 2.20. The van der Waals surface area contributed by atoms with Gasteiger partial charge in [0.05, 0.1) is 17.7 Å². The molecule has 0 saturated carbocycles. The van der Waals surface area contributed by atoms with E-state index in [-0.39, 0.29) is 23.7 Å². The van der Waals surface area contributed by atoms with Crippen LogP contribution in [0.5, 0.6) is 0 Å². The topological polar surface area (TPSA) is 80.5 Å². The van der Waals surface area contributed by atoms with Crippen molar-refractivity contribution in [1.82, 2.24) is 19.7 Å². The van der Waals surface area contributed by atoms with E-state index in [2.05, 4.69) is 4.98 Å². The first-order chi connectivity index (χ1) is 10.4. The zero-order valence-corrected chi connectivity index (χ0v) is 13.0. The summed E-state index contributed by atoms with van der Waals surface area (Å²) in [6, 6.07) is 4.97. The number of hydrogen-bond acceptors (Lipinski definition) is 4. The molecular formula is C15H19N5O2. The molecule has 1 fully saturated rings. The van der Waals surface area contributed by atoms with E-state index in [9.17, 15) is 9.59 Å². The van der Waals surface area contributed by atoms with Gasteiger partial charge in [-0.25, -0.2) is 4.79 Å². The first kappa shape index (κ1) is 15.8. The molecule has 3 amide bonds. The van der Waals surface area contributed by atoms with Crippen LogP contribution in [0.2, 0.25) is 0 Å². The Bertz CT molecular complexity index is 623. The molecule has 2 rings (SSSR count). The average molecular weight is 301 g/mol. The van der Waals surface area contributed by atoms with Crippen LogP contribution in [0.4, 0.5) is 4.79 Å². The number of likely N-dealkylation sites (tertiary alicyclic amines) is 1. The maximum atomic E-state index is 12.4. The molecule has 7 heteroatoms. The number of nitriles is 1. The number of likely N-dealkylation sites (N-methyl/N-ethyl adjacent to an activating group) is 1. The van der Waals surface area contributed by atoms with Crippen molar-refractivity contribution in [2.24, 2.45) is 0 Å². The molecule has 7 nitrogen and oxygen atoms in total. The van der Waals surface area contributed by atoms with Crippen molar-refractivity contribution >= 4 is 11.9 Å². The number of carbonyl (C=O) groups excluding carboxylic acids is 2. The fourth-order valence-electron chi connectivity index (χ4n) is 2.49. The molecule has 2 heterocycles. The Kier molecular flexibility index (Phi) is 4.61. The molecule has 0 aromatic carbocycles. The highest BCUT2D eigenvalue weighted by Gasteiger charge is 2.32. The van der Waals surface area contributed by atoms with Crippen molar-refractivity contribution in [2.45, 2.75) is 12.5 Å². The lowest BCUT2D eigenvalue weighted by Gasteiger charge is -2.27. The van der Waals surface area contributed by atoms with Crippen LogP contribution in [0.25, 0.3) is 0 Å². The number of nitrogens with zero attached hydrogens (tertiary/aromatic N) is 5. The Balaban J connectivity index is 2.05. The van der Waals surface area contributed by atoms with E-state index in [1.54, 1.807) is 37.0 Å². The molecule has 116 valence electrons. The van der Waals surface area contributed by atoms with Crippen LogP contribution in [0.3, 0.4) is 0 Å². The third-order valence-electron chi connectivity index (χ3n) is 3.79. The van der Waals surface area contributed by atoms with Crippen LogP contribution in [0.1, 0.15) is 22.5 Å². The molecule has 0 unspecified atom stereocenters. The standard InChI is InChI=1S/C15H19N5O2/c1-18(2)15(22)19(3)12-5-7-20(10-12)14(21)13-8-11(9-16)4-6-17-13/h4,6,8,12H,5,7,10H2,1-3H3/t12-/m0/s1. The van der Waals surface area contributed by atoms with Gasteiger partial charge in [-0.15, -0.1) is 0 Å². The van der Waals surface area contributed by atoms with Gasteiger partial charge in [-0.1, -0.05) is 0 Å². The first-order valence-electron chi connectivity index (χ1n) is 7.03. The van der Waals surface area contributed by atoms with Gasteiger partial charge in [0.25, 0.3) is 5.91 Å². The highest BCUT2D eigenvalue weighted by Crippen LogP contribution is 2.17. The van der Waals surface area contributed by atoms with E-state index in [4.69, 9.17) is 5.26 Å². The van der Waals surface area contributed by atoms with Crippen molar-refractivity contribution in [3.63, 3.8) is 0 Å². The summed E-state index contributed by atoms with van der Waals surface area (Å²) in [5.41, 5.74) is 0.676. The third kappa shape index (κ3) is 3.17. The molecule has 22 heavy (non-hydrogen) atoms. The number of carbonyl (C=O) groups is 2. The van der Waals surface area contributed by atoms with Crippen LogP contribution in [-0.4, -0.2) is 71.9 Å². The van der Waals surface area contributed by atoms with Gasteiger partial charge in [0.15, 0.2) is 0 Å². The Morgan fingerprint density at radius 3 is 2.77 bits per heavy atom.